The average molecular weight is 460 g/mol. The number of carbonyl (C=O) groups excluding carboxylic acids is 1. The molecule has 1 aliphatic rings. The molecule has 5 rings (SSSR count). The van der Waals surface area contributed by atoms with Gasteiger partial charge in [-0.05, 0) is 42.0 Å². The molecule has 0 amide bonds. The minimum atomic E-state index is -0.388. The maximum Gasteiger partial charge on any atom is 0.337 e. The monoisotopic (exact) mass is 459 g/mol. The Hall–Kier alpha value is -3.78. The molecule has 0 spiro atoms. The molecule has 1 aliphatic heterocycles. The van der Waals surface area contributed by atoms with Crippen molar-refractivity contribution >= 4 is 17.7 Å². The van der Waals surface area contributed by atoms with Gasteiger partial charge in [-0.15, -0.1) is 10.2 Å². The Morgan fingerprint density at radius 2 is 1.73 bits per heavy atom. The van der Waals surface area contributed by atoms with Crippen molar-refractivity contribution in [2.45, 2.75) is 17.0 Å². The van der Waals surface area contributed by atoms with Gasteiger partial charge in [0.15, 0.2) is 28.6 Å². The number of ether oxygens (including phenoxy) is 3. The molecule has 0 saturated carbocycles. The maximum atomic E-state index is 11.7. The highest BCUT2D eigenvalue weighted by molar-refractivity contribution is 7.98. The van der Waals surface area contributed by atoms with E-state index in [1.165, 1.54) is 7.11 Å². The van der Waals surface area contributed by atoms with Crippen molar-refractivity contribution in [1.82, 2.24) is 14.8 Å². The summed E-state index contributed by atoms with van der Waals surface area (Å²) in [5, 5.41) is 9.69. The second-order valence-electron chi connectivity index (χ2n) is 7.35. The van der Waals surface area contributed by atoms with Crippen LogP contribution in [0, 0.1) is 0 Å². The van der Waals surface area contributed by atoms with Gasteiger partial charge in [-0.2, -0.15) is 0 Å². The molecule has 7 nitrogen and oxygen atoms in total. The Morgan fingerprint density at radius 1 is 1.00 bits per heavy atom. The number of methoxy groups -OCH3 is 1. The Balaban J connectivity index is 1.41. The fourth-order valence-electron chi connectivity index (χ4n) is 3.55. The number of thioether (sulfide) groups is 1. The van der Waals surface area contributed by atoms with Crippen LogP contribution < -0.4 is 9.47 Å². The third-order valence-electron chi connectivity index (χ3n) is 5.21. The van der Waals surface area contributed by atoms with Crippen molar-refractivity contribution in [2.75, 3.05) is 13.7 Å². The quantitative estimate of drug-likeness (QED) is 0.301. The zero-order valence-electron chi connectivity index (χ0n) is 17.9. The van der Waals surface area contributed by atoms with E-state index in [-0.39, 0.29) is 12.1 Å². The highest BCUT2D eigenvalue weighted by atomic mass is 32.2. The van der Waals surface area contributed by atoms with Gasteiger partial charge in [0.05, 0.1) is 12.7 Å². The van der Waals surface area contributed by atoms with E-state index >= 15 is 0 Å². The minimum absolute atomic E-state index is 0.348. The molecule has 2 heterocycles. The van der Waals surface area contributed by atoms with Gasteiger partial charge < -0.3 is 14.2 Å². The lowest BCUT2D eigenvalue weighted by molar-refractivity contribution is 0.0600. The molecule has 3 aromatic carbocycles. The molecule has 1 atom stereocenters. The van der Waals surface area contributed by atoms with Gasteiger partial charge in [0.25, 0.3) is 0 Å². The van der Waals surface area contributed by atoms with E-state index in [4.69, 9.17) is 14.2 Å². The zero-order valence-corrected chi connectivity index (χ0v) is 18.7. The summed E-state index contributed by atoms with van der Waals surface area (Å²) in [6.45, 7) is 0.349. The number of aromatic nitrogens is 3. The fourth-order valence-corrected chi connectivity index (χ4v) is 4.47. The highest BCUT2D eigenvalue weighted by Crippen LogP contribution is 2.37. The summed E-state index contributed by atoms with van der Waals surface area (Å²) in [4.78, 5) is 11.7. The van der Waals surface area contributed by atoms with E-state index in [1.54, 1.807) is 23.9 Å². The first-order valence-electron chi connectivity index (χ1n) is 10.4. The van der Waals surface area contributed by atoms with Gasteiger partial charge >= 0.3 is 5.97 Å². The van der Waals surface area contributed by atoms with Crippen molar-refractivity contribution in [3.05, 3.63) is 95.8 Å². The molecular formula is C25H21N3O4S. The second kappa shape index (κ2) is 9.38. The molecule has 0 saturated heterocycles. The van der Waals surface area contributed by atoms with Gasteiger partial charge in [-0.1, -0.05) is 54.2 Å². The van der Waals surface area contributed by atoms with E-state index in [0.717, 1.165) is 22.2 Å². The van der Waals surface area contributed by atoms with Crippen molar-refractivity contribution in [1.29, 1.82) is 0 Å². The molecule has 0 radical (unpaired) electrons. The first-order valence-corrected chi connectivity index (χ1v) is 11.4. The van der Waals surface area contributed by atoms with E-state index in [9.17, 15) is 4.79 Å². The summed E-state index contributed by atoms with van der Waals surface area (Å²) in [7, 11) is 1.37. The minimum Gasteiger partial charge on any atom is -0.485 e. The third kappa shape index (κ3) is 4.42. The fraction of sp³-hybridized carbons (Fsp3) is 0.160. The number of nitrogens with zero attached hydrogens (tertiary/aromatic N) is 3. The summed E-state index contributed by atoms with van der Waals surface area (Å²) in [5.41, 5.74) is 2.53. The molecule has 1 aromatic heterocycles. The molecule has 166 valence electrons. The van der Waals surface area contributed by atoms with Gasteiger partial charge in [0.2, 0.25) is 0 Å². The molecular weight excluding hydrogens is 438 g/mol. The van der Waals surface area contributed by atoms with Crippen LogP contribution in [0.3, 0.4) is 0 Å². The molecule has 4 aromatic rings. The SMILES string of the molecule is COC(=O)c1ccc(CSc2nnc(C3COc4ccccc4O3)n2-c2ccccc2)cc1. The van der Waals surface area contributed by atoms with Crippen LogP contribution in [0.25, 0.3) is 5.69 Å². The number of carbonyl (C=O) groups is 1. The van der Waals surface area contributed by atoms with Crippen LogP contribution in [-0.2, 0) is 10.5 Å². The number of esters is 1. The van der Waals surface area contributed by atoms with Crippen molar-refractivity contribution < 1.29 is 19.0 Å². The van der Waals surface area contributed by atoms with E-state index in [0.29, 0.717) is 29.5 Å². The first-order chi connectivity index (χ1) is 16.2. The molecule has 0 N–H and O–H groups in total. The van der Waals surface area contributed by atoms with Crippen LogP contribution in [0.1, 0.15) is 27.8 Å². The van der Waals surface area contributed by atoms with E-state index < -0.39 is 0 Å². The maximum absolute atomic E-state index is 11.7. The summed E-state index contributed by atoms with van der Waals surface area (Å²) >= 11 is 1.56. The third-order valence-corrected chi connectivity index (χ3v) is 6.21. The smallest absolute Gasteiger partial charge is 0.337 e. The zero-order chi connectivity index (χ0) is 22.6. The van der Waals surface area contributed by atoms with Gasteiger partial charge in [0, 0.05) is 11.4 Å². The van der Waals surface area contributed by atoms with Crippen LogP contribution in [0.5, 0.6) is 11.5 Å². The van der Waals surface area contributed by atoms with Crippen LogP contribution in [0.4, 0.5) is 0 Å². The highest BCUT2D eigenvalue weighted by Gasteiger charge is 2.29. The normalized spacial score (nSPS) is 14.6. The van der Waals surface area contributed by atoms with E-state index in [1.807, 2.05) is 71.3 Å². The van der Waals surface area contributed by atoms with Crippen LogP contribution >= 0.6 is 11.8 Å². The molecule has 33 heavy (non-hydrogen) atoms. The van der Waals surface area contributed by atoms with Gasteiger partial charge in [0.1, 0.15) is 6.61 Å². The van der Waals surface area contributed by atoms with E-state index in [2.05, 4.69) is 10.2 Å². The summed E-state index contributed by atoms with van der Waals surface area (Å²) in [6.07, 6.45) is -0.388. The van der Waals surface area contributed by atoms with Crippen LogP contribution in [0.15, 0.2) is 84.0 Å². The predicted octanol–water partition coefficient (Wildman–Crippen LogP) is 4.86. The number of benzene rings is 3. The standard InChI is InChI=1S/C25H21N3O4S/c1-30-24(29)18-13-11-17(12-14-18)16-33-25-27-26-23(28(25)19-7-3-2-4-8-19)22-15-31-20-9-5-6-10-21(20)32-22/h2-14,22H,15-16H2,1H3. The lowest BCUT2D eigenvalue weighted by atomic mass is 10.1. The number of hydrogen-bond acceptors (Lipinski definition) is 7. The Bertz CT molecular complexity index is 1260. The Labute approximate surface area is 195 Å². The number of hydrogen-bond donors (Lipinski definition) is 0. The van der Waals surface area contributed by atoms with Crippen molar-refractivity contribution in [3.8, 4) is 17.2 Å². The Kier molecular flexibility index (Phi) is 5.99. The summed E-state index contributed by atoms with van der Waals surface area (Å²) < 4.78 is 18.9. The average Bonchev–Trinajstić information content (AvgIpc) is 3.31. The van der Waals surface area contributed by atoms with Crippen molar-refractivity contribution in [2.24, 2.45) is 0 Å². The number of para-hydroxylation sites is 3. The van der Waals surface area contributed by atoms with Crippen molar-refractivity contribution in [3.63, 3.8) is 0 Å². The first kappa shape index (κ1) is 21.1. The van der Waals surface area contributed by atoms with Crippen LogP contribution in [0.2, 0.25) is 0 Å². The lowest BCUT2D eigenvalue weighted by Gasteiger charge is -2.26. The lowest BCUT2D eigenvalue weighted by Crippen LogP contribution is -2.24. The summed E-state index contributed by atoms with van der Waals surface area (Å²) in [6, 6.07) is 24.9. The van der Waals surface area contributed by atoms with Crippen LogP contribution in [-0.4, -0.2) is 34.5 Å². The molecule has 0 fully saturated rings. The molecule has 0 bridgehead atoms. The number of fused-ring (bicyclic) bond motifs is 1. The second-order valence-corrected chi connectivity index (χ2v) is 8.30. The van der Waals surface area contributed by atoms with Gasteiger partial charge in [-0.3, -0.25) is 4.57 Å². The molecule has 0 aliphatic carbocycles. The largest absolute Gasteiger partial charge is 0.485 e. The molecule has 8 heteroatoms. The topological polar surface area (TPSA) is 75.5 Å². The predicted molar refractivity (Wildman–Crippen MR) is 124 cm³/mol. The Morgan fingerprint density at radius 3 is 2.48 bits per heavy atom. The van der Waals surface area contributed by atoms with Gasteiger partial charge in [-0.25, -0.2) is 4.79 Å². The summed E-state index contributed by atoms with van der Waals surface area (Å²) in [5.74, 6) is 2.41. The molecule has 1 unspecified atom stereocenters. The number of rotatable bonds is 6.